The molecule has 6 heteroatoms. The van der Waals surface area contributed by atoms with Gasteiger partial charge >= 0.3 is 0 Å². The van der Waals surface area contributed by atoms with Gasteiger partial charge in [-0.05, 0) is 24.3 Å². The van der Waals surface area contributed by atoms with E-state index in [1.54, 1.807) is 35.6 Å². The minimum absolute atomic E-state index is 0.0614. The Morgan fingerprint density at radius 3 is 2.29 bits per heavy atom. The van der Waals surface area contributed by atoms with Gasteiger partial charge in [-0.2, -0.15) is 0 Å². The van der Waals surface area contributed by atoms with Crippen LogP contribution in [-0.4, -0.2) is 19.7 Å². The number of thiazole rings is 1. The lowest BCUT2D eigenvalue weighted by atomic mass is 9.93. The molecule has 0 amide bonds. The van der Waals surface area contributed by atoms with Gasteiger partial charge in [0.15, 0.2) is 9.84 Å². The van der Waals surface area contributed by atoms with E-state index in [0.717, 1.165) is 16.4 Å². The summed E-state index contributed by atoms with van der Waals surface area (Å²) in [5, 5.41) is 6.37. The second-order valence-electron chi connectivity index (χ2n) is 6.03. The van der Waals surface area contributed by atoms with Crippen LogP contribution >= 0.6 is 11.3 Å². The first kappa shape index (κ1) is 16.0. The first-order valence-electron chi connectivity index (χ1n) is 6.65. The predicted molar refractivity (Wildman–Crippen MR) is 87.7 cm³/mol. The Labute approximate surface area is 130 Å². The molecule has 1 N–H and O–H groups in total. The number of nitrogens with one attached hydrogen (secondary N) is 1. The molecule has 0 fully saturated rings. The van der Waals surface area contributed by atoms with Crippen LogP contribution in [0.5, 0.6) is 0 Å². The fourth-order valence-electron chi connectivity index (χ4n) is 1.73. The van der Waals surface area contributed by atoms with E-state index in [0.29, 0.717) is 11.4 Å². The molecule has 0 atom stereocenters. The summed E-state index contributed by atoms with van der Waals surface area (Å²) in [5.41, 5.74) is 2.04. The van der Waals surface area contributed by atoms with Gasteiger partial charge in [-0.15, -0.1) is 11.3 Å². The van der Waals surface area contributed by atoms with Crippen molar-refractivity contribution in [3.63, 3.8) is 0 Å². The van der Waals surface area contributed by atoms with Crippen molar-refractivity contribution in [1.82, 2.24) is 4.98 Å². The topological polar surface area (TPSA) is 59.1 Å². The van der Waals surface area contributed by atoms with Crippen molar-refractivity contribution >= 4 is 26.9 Å². The maximum atomic E-state index is 11.4. The van der Waals surface area contributed by atoms with Crippen molar-refractivity contribution in [3.8, 4) is 0 Å². The minimum Gasteiger partial charge on any atom is -0.379 e. The SMILES string of the molecule is CC(C)(C)c1csc(CNc2ccc(S(C)(=O)=O)cc2)n1. The van der Waals surface area contributed by atoms with Crippen LogP contribution in [0.3, 0.4) is 0 Å². The molecule has 0 bridgehead atoms. The summed E-state index contributed by atoms with van der Waals surface area (Å²) < 4.78 is 22.8. The smallest absolute Gasteiger partial charge is 0.175 e. The van der Waals surface area contributed by atoms with E-state index < -0.39 is 9.84 Å². The van der Waals surface area contributed by atoms with Crippen molar-refractivity contribution in [3.05, 3.63) is 40.3 Å². The molecule has 1 aromatic heterocycles. The number of hydrogen-bond acceptors (Lipinski definition) is 5. The van der Waals surface area contributed by atoms with Gasteiger partial charge in [0.2, 0.25) is 0 Å². The highest BCUT2D eigenvalue weighted by molar-refractivity contribution is 7.90. The molecule has 114 valence electrons. The van der Waals surface area contributed by atoms with E-state index >= 15 is 0 Å². The number of sulfone groups is 1. The molecule has 0 unspecified atom stereocenters. The van der Waals surface area contributed by atoms with Gasteiger partial charge in [0.1, 0.15) is 5.01 Å². The zero-order valence-corrected chi connectivity index (χ0v) is 14.3. The van der Waals surface area contributed by atoms with Gasteiger partial charge in [-0.1, -0.05) is 20.8 Å². The molecule has 2 aromatic rings. The lowest BCUT2D eigenvalue weighted by Gasteiger charge is -2.14. The zero-order chi connectivity index (χ0) is 15.7. The number of rotatable bonds is 4. The zero-order valence-electron chi connectivity index (χ0n) is 12.7. The van der Waals surface area contributed by atoms with Gasteiger partial charge in [0.05, 0.1) is 17.1 Å². The molecule has 0 aliphatic carbocycles. The number of nitrogens with zero attached hydrogens (tertiary/aromatic N) is 1. The van der Waals surface area contributed by atoms with Crippen LogP contribution < -0.4 is 5.32 Å². The summed E-state index contributed by atoms with van der Waals surface area (Å²) in [6.07, 6.45) is 1.21. The molecule has 0 aliphatic rings. The molecule has 0 saturated carbocycles. The van der Waals surface area contributed by atoms with Crippen molar-refractivity contribution < 1.29 is 8.42 Å². The monoisotopic (exact) mass is 324 g/mol. The Morgan fingerprint density at radius 2 is 1.81 bits per heavy atom. The normalized spacial score (nSPS) is 12.4. The van der Waals surface area contributed by atoms with E-state index in [-0.39, 0.29) is 5.41 Å². The van der Waals surface area contributed by atoms with E-state index in [9.17, 15) is 8.42 Å². The summed E-state index contributed by atoms with van der Waals surface area (Å²) in [6, 6.07) is 6.77. The van der Waals surface area contributed by atoms with Crippen molar-refractivity contribution in [2.75, 3.05) is 11.6 Å². The first-order chi connectivity index (χ1) is 9.66. The molecular formula is C15H20N2O2S2. The molecule has 0 spiro atoms. The highest BCUT2D eigenvalue weighted by Crippen LogP contribution is 2.24. The maximum Gasteiger partial charge on any atom is 0.175 e. The van der Waals surface area contributed by atoms with E-state index in [2.05, 4.69) is 36.5 Å². The minimum atomic E-state index is -3.14. The average molecular weight is 324 g/mol. The van der Waals surface area contributed by atoms with Gasteiger partial charge in [-0.25, -0.2) is 13.4 Å². The number of benzene rings is 1. The average Bonchev–Trinajstić information content (AvgIpc) is 2.84. The van der Waals surface area contributed by atoms with Crippen LogP contribution in [0, 0.1) is 0 Å². The van der Waals surface area contributed by atoms with Crippen molar-refractivity contribution in [2.45, 2.75) is 37.6 Å². The Balaban J connectivity index is 2.02. The number of anilines is 1. The van der Waals surface area contributed by atoms with Crippen molar-refractivity contribution in [2.24, 2.45) is 0 Å². The summed E-state index contributed by atoms with van der Waals surface area (Å²) in [5.74, 6) is 0. The molecule has 0 saturated heterocycles. The molecule has 0 radical (unpaired) electrons. The van der Waals surface area contributed by atoms with E-state index in [1.165, 1.54) is 6.26 Å². The lowest BCUT2D eigenvalue weighted by molar-refractivity contribution is 0.571. The highest BCUT2D eigenvalue weighted by atomic mass is 32.2. The van der Waals surface area contributed by atoms with E-state index in [4.69, 9.17) is 0 Å². The third kappa shape index (κ3) is 4.28. The summed E-state index contributed by atoms with van der Waals surface area (Å²) in [4.78, 5) is 4.94. The number of aromatic nitrogens is 1. The molecule has 4 nitrogen and oxygen atoms in total. The standard InChI is InChI=1S/C15H20N2O2S2/c1-15(2,3)13-10-20-14(17-13)9-16-11-5-7-12(8-6-11)21(4,18)19/h5-8,10,16H,9H2,1-4H3. The highest BCUT2D eigenvalue weighted by Gasteiger charge is 2.17. The lowest BCUT2D eigenvalue weighted by Crippen LogP contribution is -2.11. The fraction of sp³-hybridized carbons (Fsp3) is 0.400. The first-order valence-corrected chi connectivity index (χ1v) is 9.42. The molecule has 1 aromatic carbocycles. The van der Waals surface area contributed by atoms with Crippen LogP contribution in [0.15, 0.2) is 34.5 Å². The quantitative estimate of drug-likeness (QED) is 0.936. The summed E-state index contributed by atoms with van der Waals surface area (Å²) in [6.45, 7) is 7.06. The van der Waals surface area contributed by atoms with Crippen LogP contribution in [0.4, 0.5) is 5.69 Å². The molecule has 1 heterocycles. The summed E-state index contributed by atoms with van der Waals surface area (Å²) >= 11 is 1.63. The van der Waals surface area contributed by atoms with Gasteiger partial charge in [0.25, 0.3) is 0 Å². The molecular weight excluding hydrogens is 304 g/mol. The third-order valence-corrected chi connectivity index (χ3v) is 5.02. The maximum absolute atomic E-state index is 11.4. The van der Waals surface area contributed by atoms with Crippen LogP contribution in [0.25, 0.3) is 0 Å². The Morgan fingerprint density at radius 1 is 1.19 bits per heavy atom. The summed E-state index contributed by atoms with van der Waals surface area (Å²) in [7, 11) is -3.14. The molecule has 0 aliphatic heterocycles. The Bertz CT molecular complexity index is 711. The molecule has 21 heavy (non-hydrogen) atoms. The Kier molecular flexibility index (Phi) is 4.39. The van der Waals surface area contributed by atoms with Crippen LogP contribution in [-0.2, 0) is 21.8 Å². The van der Waals surface area contributed by atoms with Crippen molar-refractivity contribution in [1.29, 1.82) is 0 Å². The Hall–Kier alpha value is -1.40. The van der Waals surface area contributed by atoms with Gasteiger partial charge in [0, 0.05) is 22.7 Å². The predicted octanol–water partition coefficient (Wildman–Crippen LogP) is 3.46. The fourth-order valence-corrected chi connectivity index (χ4v) is 3.33. The second-order valence-corrected chi connectivity index (χ2v) is 8.98. The number of hydrogen-bond donors (Lipinski definition) is 1. The van der Waals surface area contributed by atoms with E-state index in [1.807, 2.05) is 0 Å². The van der Waals surface area contributed by atoms with Gasteiger partial charge < -0.3 is 5.32 Å². The second kappa shape index (κ2) is 5.77. The van der Waals surface area contributed by atoms with Crippen LogP contribution in [0.2, 0.25) is 0 Å². The van der Waals surface area contributed by atoms with Crippen LogP contribution in [0.1, 0.15) is 31.5 Å². The molecule has 2 rings (SSSR count). The van der Waals surface area contributed by atoms with Gasteiger partial charge in [-0.3, -0.25) is 0 Å². The largest absolute Gasteiger partial charge is 0.379 e. The third-order valence-electron chi connectivity index (χ3n) is 3.05.